The maximum atomic E-state index is 4.06. The first-order chi connectivity index (χ1) is 8.29. The van der Waals surface area contributed by atoms with E-state index in [0.717, 1.165) is 12.8 Å². The van der Waals surface area contributed by atoms with Crippen LogP contribution in [-0.2, 0) is 6.42 Å². The summed E-state index contributed by atoms with van der Waals surface area (Å²) in [6, 6.07) is 19.3. The number of hydrogen-bond acceptors (Lipinski definition) is 0. The highest BCUT2D eigenvalue weighted by atomic mass is 14.0. The third kappa shape index (κ3) is 3.07. The second kappa shape index (κ2) is 5.49. The molecule has 0 aliphatic carbocycles. The summed E-state index contributed by atoms with van der Waals surface area (Å²) in [6.07, 6.45) is 2.01. The van der Waals surface area contributed by atoms with E-state index < -0.39 is 0 Å². The van der Waals surface area contributed by atoms with Gasteiger partial charge in [0.15, 0.2) is 0 Å². The maximum Gasteiger partial charge on any atom is -0.00258 e. The van der Waals surface area contributed by atoms with E-state index in [1.165, 1.54) is 22.3 Å². The Labute approximate surface area is 104 Å². The molecule has 0 amide bonds. The summed E-state index contributed by atoms with van der Waals surface area (Å²) in [7, 11) is 0. The van der Waals surface area contributed by atoms with Crippen molar-refractivity contribution in [1.82, 2.24) is 0 Å². The van der Waals surface area contributed by atoms with Crippen molar-refractivity contribution in [2.24, 2.45) is 0 Å². The van der Waals surface area contributed by atoms with Gasteiger partial charge in [-0.25, -0.2) is 0 Å². The van der Waals surface area contributed by atoms with Crippen molar-refractivity contribution in [3.05, 3.63) is 77.9 Å². The summed E-state index contributed by atoms with van der Waals surface area (Å²) in [5.41, 5.74) is 5.17. The summed E-state index contributed by atoms with van der Waals surface area (Å²) < 4.78 is 0. The largest absolute Gasteiger partial charge is 0.0952 e. The van der Waals surface area contributed by atoms with Crippen LogP contribution in [0.3, 0.4) is 0 Å². The molecule has 2 aromatic rings. The van der Waals surface area contributed by atoms with Crippen molar-refractivity contribution < 1.29 is 0 Å². The normalized spacial score (nSPS) is 10.2. The SMILES string of the molecule is C=C(CC)c1ccc(Cc2ccccc2)cc1. The molecule has 17 heavy (non-hydrogen) atoms. The van der Waals surface area contributed by atoms with Crippen LogP contribution in [-0.4, -0.2) is 0 Å². The molecule has 0 aromatic heterocycles. The Morgan fingerprint density at radius 1 is 0.882 bits per heavy atom. The first-order valence-corrected chi connectivity index (χ1v) is 6.10. The van der Waals surface area contributed by atoms with Crippen molar-refractivity contribution >= 4 is 5.57 Å². The molecule has 0 saturated carbocycles. The highest BCUT2D eigenvalue weighted by Crippen LogP contribution is 2.17. The van der Waals surface area contributed by atoms with Crippen LogP contribution in [0.1, 0.15) is 30.0 Å². The molecule has 0 unspecified atom stereocenters. The summed E-state index contributed by atoms with van der Waals surface area (Å²) >= 11 is 0. The fraction of sp³-hybridized carbons (Fsp3) is 0.176. The van der Waals surface area contributed by atoms with Gasteiger partial charge < -0.3 is 0 Å². The van der Waals surface area contributed by atoms with Crippen LogP contribution >= 0.6 is 0 Å². The van der Waals surface area contributed by atoms with Crippen molar-refractivity contribution in [2.75, 3.05) is 0 Å². The molecule has 0 aliphatic rings. The molecule has 0 fully saturated rings. The molecule has 0 heteroatoms. The second-order valence-electron chi connectivity index (χ2n) is 4.32. The molecule has 0 N–H and O–H groups in total. The van der Waals surface area contributed by atoms with Crippen molar-refractivity contribution in [3.63, 3.8) is 0 Å². The van der Waals surface area contributed by atoms with E-state index >= 15 is 0 Å². The van der Waals surface area contributed by atoms with E-state index in [0.29, 0.717) is 0 Å². The maximum absolute atomic E-state index is 4.06. The average molecular weight is 222 g/mol. The molecule has 2 rings (SSSR count). The van der Waals surface area contributed by atoms with Crippen molar-refractivity contribution in [2.45, 2.75) is 19.8 Å². The standard InChI is InChI=1S/C17H18/c1-3-14(2)17-11-9-16(10-12-17)13-15-7-5-4-6-8-15/h4-12H,2-3,13H2,1H3. The van der Waals surface area contributed by atoms with Gasteiger partial charge in [0.1, 0.15) is 0 Å². The zero-order chi connectivity index (χ0) is 12.1. The van der Waals surface area contributed by atoms with Gasteiger partial charge in [-0.1, -0.05) is 68.1 Å². The number of rotatable bonds is 4. The Morgan fingerprint density at radius 3 is 2.06 bits per heavy atom. The fourth-order valence-corrected chi connectivity index (χ4v) is 1.89. The van der Waals surface area contributed by atoms with Crippen LogP contribution in [0.4, 0.5) is 0 Å². The Hall–Kier alpha value is -1.82. The minimum Gasteiger partial charge on any atom is -0.0952 e. The molecule has 0 nitrogen and oxygen atoms in total. The number of allylic oxidation sites excluding steroid dienone is 1. The third-order valence-electron chi connectivity index (χ3n) is 3.04. The summed E-state index contributed by atoms with van der Waals surface area (Å²) in [5.74, 6) is 0. The average Bonchev–Trinajstić information content (AvgIpc) is 2.40. The minimum absolute atomic E-state index is 1.000. The van der Waals surface area contributed by atoms with Gasteiger partial charge in [0, 0.05) is 0 Å². The van der Waals surface area contributed by atoms with E-state index in [4.69, 9.17) is 0 Å². The molecule has 86 valence electrons. The summed E-state index contributed by atoms with van der Waals surface area (Å²) in [4.78, 5) is 0. The van der Waals surface area contributed by atoms with Crippen molar-refractivity contribution in [3.8, 4) is 0 Å². The minimum atomic E-state index is 1.000. The van der Waals surface area contributed by atoms with E-state index in [1.54, 1.807) is 0 Å². The predicted octanol–water partition coefficient (Wildman–Crippen LogP) is 4.70. The Balaban J connectivity index is 2.11. The van der Waals surface area contributed by atoms with Crippen LogP contribution in [0.2, 0.25) is 0 Å². The summed E-state index contributed by atoms with van der Waals surface area (Å²) in [6.45, 7) is 6.20. The Bertz CT molecular complexity index is 477. The predicted molar refractivity (Wildman–Crippen MR) is 75.0 cm³/mol. The zero-order valence-corrected chi connectivity index (χ0v) is 10.3. The monoisotopic (exact) mass is 222 g/mol. The lowest BCUT2D eigenvalue weighted by molar-refractivity contribution is 1.18. The van der Waals surface area contributed by atoms with Gasteiger partial charge in [0.2, 0.25) is 0 Å². The fourth-order valence-electron chi connectivity index (χ4n) is 1.89. The van der Waals surface area contributed by atoms with Crippen LogP contribution in [0.15, 0.2) is 61.2 Å². The molecule has 0 bridgehead atoms. The molecule has 2 aromatic carbocycles. The van der Waals surface area contributed by atoms with Gasteiger partial charge in [-0.05, 0) is 35.1 Å². The number of hydrogen-bond donors (Lipinski definition) is 0. The smallest absolute Gasteiger partial charge is 0.00258 e. The lowest BCUT2D eigenvalue weighted by Gasteiger charge is -2.05. The molecular formula is C17H18. The molecule has 0 radical (unpaired) electrons. The molecule has 0 aliphatic heterocycles. The molecule has 0 heterocycles. The first-order valence-electron chi connectivity index (χ1n) is 6.10. The van der Waals surface area contributed by atoms with Crippen LogP contribution in [0.5, 0.6) is 0 Å². The Morgan fingerprint density at radius 2 is 1.47 bits per heavy atom. The van der Waals surface area contributed by atoms with E-state index in [-0.39, 0.29) is 0 Å². The molecular weight excluding hydrogens is 204 g/mol. The third-order valence-corrected chi connectivity index (χ3v) is 3.04. The zero-order valence-electron chi connectivity index (χ0n) is 10.3. The van der Waals surface area contributed by atoms with Gasteiger partial charge in [-0.15, -0.1) is 0 Å². The molecule has 0 saturated heterocycles. The lowest BCUT2D eigenvalue weighted by Crippen LogP contribution is -1.88. The van der Waals surface area contributed by atoms with Gasteiger partial charge in [0.05, 0.1) is 0 Å². The van der Waals surface area contributed by atoms with Gasteiger partial charge in [-0.2, -0.15) is 0 Å². The second-order valence-corrected chi connectivity index (χ2v) is 4.32. The lowest BCUT2D eigenvalue weighted by atomic mass is 10.0. The topological polar surface area (TPSA) is 0 Å². The van der Waals surface area contributed by atoms with E-state index in [9.17, 15) is 0 Å². The highest BCUT2D eigenvalue weighted by molar-refractivity contribution is 5.63. The quantitative estimate of drug-likeness (QED) is 0.703. The molecule has 0 atom stereocenters. The van der Waals surface area contributed by atoms with Crippen LogP contribution < -0.4 is 0 Å². The van der Waals surface area contributed by atoms with Crippen molar-refractivity contribution in [1.29, 1.82) is 0 Å². The van der Waals surface area contributed by atoms with Crippen LogP contribution in [0.25, 0.3) is 5.57 Å². The first kappa shape index (κ1) is 11.7. The highest BCUT2D eigenvalue weighted by Gasteiger charge is 1.98. The van der Waals surface area contributed by atoms with E-state index in [2.05, 4.69) is 68.1 Å². The molecule has 0 spiro atoms. The van der Waals surface area contributed by atoms with Crippen LogP contribution in [0, 0.1) is 0 Å². The number of benzene rings is 2. The van der Waals surface area contributed by atoms with E-state index in [1.807, 2.05) is 0 Å². The summed E-state index contributed by atoms with van der Waals surface area (Å²) in [5, 5.41) is 0. The van der Waals surface area contributed by atoms with Gasteiger partial charge >= 0.3 is 0 Å². The Kier molecular flexibility index (Phi) is 3.77. The van der Waals surface area contributed by atoms with Gasteiger partial charge in [-0.3, -0.25) is 0 Å². The van der Waals surface area contributed by atoms with Gasteiger partial charge in [0.25, 0.3) is 0 Å².